The fraction of sp³-hybridized carbons (Fsp3) is 0.737. The minimum absolute atomic E-state index is 0. The molecule has 1 spiro atoms. The Morgan fingerprint density at radius 2 is 2.20 bits per heavy atom. The second kappa shape index (κ2) is 7.47. The molecular formula is C19H30IN3O2. The first kappa shape index (κ1) is 19.0. The Morgan fingerprint density at radius 3 is 2.80 bits per heavy atom. The van der Waals surface area contributed by atoms with E-state index in [2.05, 4.69) is 29.5 Å². The van der Waals surface area contributed by atoms with Crippen LogP contribution in [0.2, 0.25) is 0 Å². The molecule has 6 heteroatoms. The van der Waals surface area contributed by atoms with Crippen molar-refractivity contribution in [3.05, 3.63) is 23.7 Å². The van der Waals surface area contributed by atoms with Gasteiger partial charge in [-0.2, -0.15) is 0 Å². The molecule has 3 aliphatic rings. The topological polar surface area (TPSA) is 58.8 Å². The number of halogens is 1. The van der Waals surface area contributed by atoms with Gasteiger partial charge in [0.25, 0.3) is 0 Å². The Kier molecular flexibility index (Phi) is 5.68. The van der Waals surface area contributed by atoms with Crippen LogP contribution in [0.1, 0.15) is 57.1 Å². The van der Waals surface area contributed by atoms with Crippen molar-refractivity contribution in [1.82, 2.24) is 10.6 Å². The number of aliphatic imine (C=N–C) groups is 1. The molecule has 0 bridgehead atoms. The van der Waals surface area contributed by atoms with Crippen molar-refractivity contribution in [1.29, 1.82) is 0 Å². The van der Waals surface area contributed by atoms with Crippen LogP contribution in [0.5, 0.6) is 0 Å². The standard InChI is InChI=1S/C19H29N3O2.HI/c1-4-20-18(21-13(3)15-7-6-12(2)24-15)22-16-14-8-11-23-17(14)19(16)9-5-10-19;/h6-7,13-14,16-17H,4-5,8-11H2,1-3H3,(H2,20,21,22);1H. The van der Waals surface area contributed by atoms with Crippen LogP contribution in [-0.4, -0.2) is 31.3 Å². The summed E-state index contributed by atoms with van der Waals surface area (Å²) in [5, 5.41) is 7.26. The van der Waals surface area contributed by atoms with E-state index in [0.717, 1.165) is 30.6 Å². The van der Waals surface area contributed by atoms with Crippen molar-refractivity contribution in [2.24, 2.45) is 16.3 Å². The van der Waals surface area contributed by atoms with E-state index in [-0.39, 0.29) is 30.0 Å². The average Bonchev–Trinajstić information content (AvgIpc) is 3.11. The molecule has 4 unspecified atom stereocenters. The highest BCUT2D eigenvalue weighted by Gasteiger charge is 2.66. The van der Waals surface area contributed by atoms with E-state index in [1.807, 2.05) is 19.1 Å². The van der Waals surface area contributed by atoms with Gasteiger partial charge in [0.1, 0.15) is 11.5 Å². The normalized spacial score (nSPS) is 30.7. The number of nitrogens with one attached hydrogen (secondary N) is 2. The van der Waals surface area contributed by atoms with Crippen molar-refractivity contribution in [3.8, 4) is 0 Å². The molecule has 140 valence electrons. The SMILES string of the molecule is CCN=C(NC(C)c1ccc(C)o1)NC1C2CCOC2C12CCC2.I. The van der Waals surface area contributed by atoms with E-state index in [1.54, 1.807) is 0 Å². The second-order valence-corrected chi connectivity index (χ2v) is 7.59. The summed E-state index contributed by atoms with van der Waals surface area (Å²) in [5.41, 5.74) is 0.363. The summed E-state index contributed by atoms with van der Waals surface area (Å²) in [7, 11) is 0. The Balaban J connectivity index is 0.00000182. The van der Waals surface area contributed by atoms with Gasteiger partial charge in [0.2, 0.25) is 0 Å². The first-order chi connectivity index (χ1) is 11.6. The molecule has 5 nitrogen and oxygen atoms in total. The van der Waals surface area contributed by atoms with Crippen LogP contribution in [0.15, 0.2) is 21.5 Å². The lowest BCUT2D eigenvalue weighted by molar-refractivity contribution is -0.171. The molecule has 2 heterocycles. The van der Waals surface area contributed by atoms with Gasteiger partial charge in [-0.05, 0) is 52.2 Å². The number of ether oxygens (including phenoxy) is 1. The monoisotopic (exact) mass is 459 g/mol. The van der Waals surface area contributed by atoms with E-state index >= 15 is 0 Å². The van der Waals surface area contributed by atoms with Crippen LogP contribution < -0.4 is 10.6 Å². The summed E-state index contributed by atoms with van der Waals surface area (Å²) in [4.78, 5) is 4.67. The maximum atomic E-state index is 6.02. The van der Waals surface area contributed by atoms with Gasteiger partial charge < -0.3 is 19.8 Å². The van der Waals surface area contributed by atoms with Crippen LogP contribution in [0.4, 0.5) is 0 Å². The molecule has 4 rings (SSSR count). The van der Waals surface area contributed by atoms with E-state index in [0.29, 0.717) is 23.5 Å². The molecule has 4 atom stereocenters. The number of guanidine groups is 1. The van der Waals surface area contributed by atoms with Gasteiger partial charge in [-0.1, -0.05) is 6.42 Å². The van der Waals surface area contributed by atoms with E-state index in [9.17, 15) is 0 Å². The van der Waals surface area contributed by atoms with Crippen LogP contribution in [0.25, 0.3) is 0 Å². The molecule has 0 aromatic carbocycles. The van der Waals surface area contributed by atoms with Gasteiger partial charge in [0.05, 0.1) is 12.1 Å². The number of rotatable bonds is 4. The smallest absolute Gasteiger partial charge is 0.192 e. The molecule has 1 aromatic heterocycles. The summed E-state index contributed by atoms with van der Waals surface area (Å²) < 4.78 is 11.8. The summed E-state index contributed by atoms with van der Waals surface area (Å²) in [6.07, 6.45) is 5.57. The summed E-state index contributed by atoms with van der Waals surface area (Å²) in [6, 6.07) is 4.65. The summed E-state index contributed by atoms with van der Waals surface area (Å²) in [6.45, 7) is 7.86. The Hall–Kier alpha value is -0.760. The van der Waals surface area contributed by atoms with Gasteiger partial charge in [0, 0.05) is 30.5 Å². The minimum atomic E-state index is 0. The molecule has 1 saturated heterocycles. The van der Waals surface area contributed by atoms with Crippen LogP contribution in [0.3, 0.4) is 0 Å². The minimum Gasteiger partial charge on any atom is -0.464 e. The largest absolute Gasteiger partial charge is 0.464 e. The highest BCUT2D eigenvalue weighted by molar-refractivity contribution is 14.0. The molecule has 25 heavy (non-hydrogen) atoms. The third kappa shape index (κ3) is 3.20. The van der Waals surface area contributed by atoms with Crippen LogP contribution >= 0.6 is 24.0 Å². The number of nitrogens with zero attached hydrogens (tertiary/aromatic N) is 1. The Bertz CT molecular complexity index is 626. The molecule has 1 aromatic rings. The number of fused-ring (bicyclic) bond motifs is 2. The van der Waals surface area contributed by atoms with Crippen LogP contribution in [-0.2, 0) is 4.74 Å². The van der Waals surface area contributed by atoms with Gasteiger partial charge in [-0.15, -0.1) is 24.0 Å². The van der Waals surface area contributed by atoms with E-state index in [4.69, 9.17) is 9.15 Å². The fourth-order valence-electron chi connectivity index (χ4n) is 4.86. The summed E-state index contributed by atoms with van der Waals surface area (Å²) >= 11 is 0. The predicted octanol–water partition coefficient (Wildman–Crippen LogP) is 3.78. The van der Waals surface area contributed by atoms with Gasteiger partial charge in [-0.3, -0.25) is 4.99 Å². The van der Waals surface area contributed by atoms with Gasteiger partial charge >= 0.3 is 0 Å². The average molecular weight is 459 g/mol. The Labute approximate surface area is 167 Å². The highest BCUT2D eigenvalue weighted by Crippen LogP contribution is 2.62. The molecule has 0 radical (unpaired) electrons. The lowest BCUT2D eigenvalue weighted by atomic mass is 9.46. The van der Waals surface area contributed by atoms with E-state index < -0.39 is 0 Å². The molecule has 1 aliphatic heterocycles. The lowest BCUT2D eigenvalue weighted by Crippen LogP contribution is -2.72. The van der Waals surface area contributed by atoms with Crippen LogP contribution in [0, 0.1) is 18.3 Å². The van der Waals surface area contributed by atoms with Crippen molar-refractivity contribution in [2.75, 3.05) is 13.2 Å². The number of hydrogen-bond donors (Lipinski definition) is 2. The number of hydrogen-bond acceptors (Lipinski definition) is 3. The predicted molar refractivity (Wildman–Crippen MR) is 109 cm³/mol. The molecule has 2 saturated carbocycles. The summed E-state index contributed by atoms with van der Waals surface area (Å²) in [5.74, 6) is 3.45. The molecule has 3 fully saturated rings. The number of aryl methyl sites for hydroxylation is 1. The zero-order valence-corrected chi connectivity index (χ0v) is 17.7. The molecule has 2 aliphatic carbocycles. The fourth-order valence-corrected chi connectivity index (χ4v) is 4.86. The van der Waals surface area contributed by atoms with Crippen molar-refractivity contribution < 1.29 is 9.15 Å². The van der Waals surface area contributed by atoms with E-state index in [1.165, 1.54) is 25.7 Å². The highest BCUT2D eigenvalue weighted by atomic mass is 127. The Morgan fingerprint density at radius 1 is 1.40 bits per heavy atom. The first-order valence-corrected chi connectivity index (χ1v) is 9.39. The lowest BCUT2D eigenvalue weighted by Gasteiger charge is -2.63. The quantitative estimate of drug-likeness (QED) is 0.409. The van der Waals surface area contributed by atoms with Gasteiger partial charge in [-0.25, -0.2) is 0 Å². The molecular weight excluding hydrogens is 429 g/mol. The number of furan rings is 1. The maximum Gasteiger partial charge on any atom is 0.192 e. The van der Waals surface area contributed by atoms with Gasteiger partial charge in [0.15, 0.2) is 5.96 Å². The molecule has 2 N–H and O–H groups in total. The zero-order valence-electron chi connectivity index (χ0n) is 15.4. The van der Waals surface area contributed by atoms with Crippen molar-refractivity contribution in [2.45, 2.75) is 64.6 Å². The maximum absolute atomic E-state index is 6.02. The first-order valence-electron chi connectivity index (χ1n) is 9.39. The third-order valence-electron chi connectivity index (χ3n) is 6.19. The van der Waals surface area contributed by atoms with Crippen molar-refractivity contribution in [3.63, 3.8) is 0 Å². The van der Waals surface area contributed by atoms with Crippen molar-refractivity contribution >= 4 is 29.9 Å². The molecule has 0 amide bonds. The second-order valence-electron chi connectivity index (χ2n) is 7.59. The zero-order chi connectivity index (χ0) is 16.7. The third-order valence-corrected chi connectivity index (χ3v) is 6.19.